The van der Waals surface area contributed by atoms with Crippen LogP contribution in [0.4, 0.5) is 0 Å². The third kappa shape index (κ3) is 2.32. The second-order valence-corrected chi connectivity index (χ2v) is 7.75. The van der Waals surface area contributed by atoms with Gasteiger partial charge >= 0.3 is 0 Å². The molecule has 0 radical (unpaired) electrons. The van der Waals surface area contributed by atoms with Gasteiger partial charge in [0, 0.05) is 5.92 Å². The smallest absolute Gasteiger partial charge is 0.246 e. The van der Waals surface area contributed by atoms with Crippen molar-refractivity contribution in [2.24, 2.45) is 23.5 Å². The Labute approximate surface area is 126 Å². The van der Waals surface area contributed by atoms with Gasteiger partial charge in [-0.2, -0.15) is 4.98 Å². The molecule has 2 bridgehead atoms. The molecule has 4 rings (SSSR count). The first kappa shape index (κ1) is 13.7. The monoisotopic (exact) mass is 289 g/mol. The largest absolute Gasteiger partial charge is 0.337 e. The summed E-state index contributed by atoms with van der Waals surface area (Å²) in [6.45, 7) is 2.27. The minimum atomic E-state index is -0.367. The fourth-order valence-electron chi connectivity index (χ4n) is 4.96. The lowest BCUT2D eigenvalue weighted by Crippen LogP contribution is -2.40. The van der Waals surface area contributed by atoms with Crippen molar-refractivity contribution >= 4 is 0 Å². The van der Waals surface area contributed by atoms with Crippen LogP contribution >= 0.6 is 0 Å². The van der Waals surface area contributed by atoms with E-state index in [9.17, 15) is 0 Å². The average molecular weight is 289 g/mol. The van der Waals surface area contributed by atoms with E-state index in [-0.39, 0.29) is 5.54 Å². The summed E-state index contributed by atoms with van der Waals surface area (Å²) >= 11 is 0. The van der Waals surface area contributed by atoms with Gasteiger partial charge in [0.1, 0.15) is 0 Å². The standard InChI is InChI=1S/C17H27N3O/c1-2-11-5-7-17(18,8-6-11)16-19-15(20-21-16)14-10-12-3-4-13(14)9-12/h11-14H,2-10,18H2,1H3. The molecular weight excluding hydrogens is 262 g/mol. The van der Waals surface area contributed by atoms with E-state index in [1.165, 1.54) is 44.9 Å². The zero-order chi connectivity index (χ0) is 14.4. The Morgan fingerprint density at radius 2 is 2.00 bits per heavy atom. The topological polar surface area (TPSA) is 64.9 Å². The summed E-state index contributed by atoms with van der Waals surface area (Å²) in [6.07, 6.45) is 11.0. The van der Waals surface area contributed by atoms with Gasteiger partial charge in [-0.3, -0.25) is 0 Å². The van der Waals surface area contributed by atoms with E-state index >= 15 is 0 Å². The summed E-state index contributed by atoms with van der Waals surface area (Å²) in [7, 11) is 0. The summed E-state index contributed by atoms with van der Waals surface area (Å²) in [5.74, 6) is 4.72. The second kappa shape index (κ2) is 5.08. The van der Waals surface area contributed by atoms with Crippen molar-refractivity contribution in [1.82, 2.24) is 10.1 Å². The number of hydrogen-bond acceptors (Lipinski definition) is 4. The summed E-state index contributed by atoms with van der Waals surface area (Å²) in [5.41, 5.74) is 6.22. The van der Waals surface area contributed by atoms with Gasteiger partial charge in [0.15, 0.2) is 5.82 Å². The zero-order valence-corrected chi connectivity index (χ0v) is 13.1. The number of hydrogen-bond donors (Lipinski definition) is 1. The van der Waals surface area contributed by atoms with Crippen LogP contribution in [0.1, 0.15) is 82.3 Å². The number of fused-ring (bicyclic) bond motifs is 2. The van der Waals surface area contributed by atoms with E-state index < -0.39 is 0 Å². The van der Waals surface area contributed by atoms with Gasteiger partial charge in [0.05, 0.1) is 5.54 Å². The molecule has 4 heteroatoms. The molecule has 21 heavy (non-hydrogen) atoms. The van der Waals surface area contributed by atoms with Gasteiger partial charge in [-0.05, 0) is 62.7 Å². The first-order valence-corrected chi connectivity index (χ1v) is 8.81. The molecule has 0 aromatic carbocycles. The molecule has 0 saturated heterocycles. The molecule has 0 aliphatic heterocycles. The molecule has 3 aliphatic carbocycles. The molecule has 3 atom stereocenters. The Hall–Kier alpha value is -0.900. The second-order valence-electron chi connectivity index (χ2n) is 7.75. The molecule has 3 unspecified atom stereocenters. The van der Waals surface area contributed by atoms with E-state index in [0.717, 1.165) is 36.4 Å². The van der Waals surface area contributed by atoms with Crippen molar-refractivity contribution in [1.29, 1.82) is 0 Å². The van der Waals surface area contributed by atoms with E-state index in [0.29, 0.717) is 11.8 Å². The molecule has 0 spiro atoms. The van der Waals surface area contributed by atoms with Gasteiger partial charge in [-0.1, -0.05) is 24.9 Å². The highest BCUT2D eigenvalue weighted by molar-refractivity contribution is 5.10. The maximum atomic E-state index is 6.59. The zero-order valence-electron chi connectivity index (χ0n) is 13.1. The Morgan fingerprint density at radius 1 is 1.19 bits per heavy atom. The Morgan fingerprint density at radius 3 is 2.62 bits per heavy atom. The van der Waals surface area contributed by atoms with Gasteiger partial charge in [-0.15, -0.1) is 0 Å². The number of nitrogens with two attached hydrogens (primary N) is 1. The first-order chi connectivity index (χ1) is 10.2. The first-order valence-electron chi connectivity index (χ1n) is 8.81. The predicted octanol–water partition coefficient (Wildman–Crippen LogP) is 3.73. The van der Waals surface area contributed by atoms with Gasteiger partial charge in [0.25, 0.3) is 0 Å². The minimum Gasteiger partial charge on any atom is -0.337 e. The highest BCUT2D eigenvalue weighted by Crippen LogP contribution is 2.52. The van der Waals surface area contributed by atoms with E-state index in [4.69, 9.17) is 15.2 Å². The molecule has 3 saturated carbocycles. The maximum Gasteiger partial charge on any atom is 0.246 e. The summed E-state index contributed by atoms with van der Waals surface area (Å²) in [4.78, 5) is 4.75. The van der Waals surface area contributed by atoms with Crippen LogP contribution in [0.2, 0.25) is 0 Å². The lowest BCUT2D eigenvalue weighted by molar-refractivity contribution is 0.181. The highest BCUT2D eigenvalue weighted by Gasteiger charge is 2.44. The summed E-state index contributed by atoms with van der Waals surface area (Å²) in [6, 6.07) is 0. The van der Waals surface area contributed by atoms with Gasteiger partial charge in [0.2, 0.25) is 5.89 Å². The highest BCUT2D eigenvalue weighted by atomic mass is 16.5. The number of nitrogens with zero attached hydrogens (tertiary/aromatic N) is 2. The van der Waals surface area contributed by atoms with Crippen LogP contribution in [0.25, 0.3) is 0 Å². The van der Waals surface area contributed by atoms with Gasteiger partial charge < -0.3 is 10.3 Å². The Bertz CT molecular complexity index is 504. The predicted molar refractivity (Wildman–Crippen MR) is 80.6 cm³/mol. The molecule has 3 aliphatic rings. The Balaban J connectivity index is 1.49. The SMILES string of the molecule is CCC1CCC(N)(c2nc(C3CC4CCC3C4)no2)CC1. The van der Waals surface area contributed by atoms with Crippen LogP contribution < -0.4 is 5.73 Å². The number of aromatic nitrogens is 2. The summed E-state index contributed by atoms with van der Waals surface area (Å²) < 4.78 is 5.61. The van der Waals surface area contributed by atoms with E-state index in [1.54, 1.807) is 0 Å². The third-order valence-corrected chi connectivity index (χ3v) is 6.51. The van der Waals surface area contributed by atoms with Crippen LogP contribution in [0.3, 0.4) is 0 Å². The van der Waals surface area contributed by atoms with Crippen molar-refractivity contribution < 1.29 is 4.52 Å². The van der Waals surface area contributed by atoms with Crippen molar-refractivity contribution in [3.63, 3.8) is 0 Å². The fraction of sp³-hybridized carbons (Fsp3) is 0.882. The van der Waals surface area contributed by atoms with Gasteiger partial charge in [-0.25, -0.2) is 0 Å². The van der Waals surface area contributed by atoms with Crippen LogP contribution in [-0.2, 0) is 5.54 Å². The molecule has 4 nitrogen and oxygen atoms in total. The molecule has 1 heterocycles. The molecule has 116 valence electrons. The molecule has 0 amide bonds. The average Bonchev–Trinajstić information content (AvgIpc) is 3.24. The number of rotatable bonds is 3. The fourth-order valence-corrected chi connectivity index (χ4v) is 4.96. The lowest BCUT2D eigenvalue weighted by atomic mass is 9.76. The quantitative estimate of drug-likeness (QED) is 0.921. The molecule has 2 N–H and O–H groups in total. The van der Waals surface area contributed by atoms with E-state index in [2.05, 4.69) is 12.1 Å². The third-order valence-electron chi connectivity index (χ3n) is 6.51. The van der Waals surface area contributed by atoms with Crippen molar-refractivity contribution in [3.8, 4) is 0 Å². The molecule has 3 fully saturated rings. The Kier molecular flexibility index (Phi) is 3.32. The molecule has 1 aromatic rings. The lowest BCUT2D eigenvalue weighted by Gasteiger charge is -2.33. The normalized spacial score (nSPS) is 42.6. The van der Waals surface area contributed by atoms with Crippen molar-refractivity contribution in [2.45, 2.75) is 76.2 Å². The van der Waals surface area contributed by atoms with Crippen molar-refractivity contribution in [3.05, 3.63) is 11.7 Å². The molecule has 1 aromatic heterocycles. The molecular formula is C17H27N3O. The van der Waals surface area contributed by atoms with Crippen LogP contribution in [-0.4, -0.2) is 10.1 Å². The van der Waals surface area contributed by atoms with Crippen LogP contribution in [0, 0.1) is 17.8 Å². The van der Waals surface area contributed by atoms with Crippen LogP contribution in [0.5, 0.6) is 0 Å². The minimum absolute atomic E-state index is 0.367. The van der Waals surface area contributed by atoms with E-state index in [1.807, 2.05) is 0 Å². The maximum absolute atomic E-state index is 6.59. The summed E-state index contributed by atoms with van der Waals surface area (Å²) in [5, 5.41) is 4.31. The van der Waals surface area contributed by atoms with Crippen molar-refractivity contribution in [2.75, 3.05) is 0 Å². The van der Waals surface area contributed by atoms with Crippen LogP contribution in [0.15, 0.2) is 4.52 Å².